The second kappa shape index (κ2) is 5.46. The van der Waals surface area contributed by atoms with Crippen LogP contribution in [0, 0.1) is 0 Å². The van der Waals surface area contributed by atoms with Crippen molar-refractivity contribution in [2.24, 2.45) is 0 Å². The molecule has 0 spiro atoms. The van der Waals surface area contributed by atoms with E-state index < -0.39 is 0 Å². The van der Waals surface area contributed by atoms with Crippen LogP contribution in [0.25, 0.3) is 0 Å². The first-order valence-electron chi connectivity index (χ1n) is 4.87. The summed E-state index contributed by atoms with van der Waals surface area (Å²) in [6.45, 7) is 3.14. The normalized spacial score (nSPS) is 22.4. The molecule has 1 aromatic rings. The van der Waals surface area contributed by atoms with E-state index in [1.165, 1.54) is 4.88 Å². The number of thiophene rings is 1. The lowest BCUT2D eigenvalue weighted by Crippen LogP contribution is -2.33. The Morgan fingerprint density at radius 3 is 3.29 bits per heavy atom. The molecular formula is C10H15NO2S. The van der Waals surface area contributed by atoms with E-state index in [2.05, 4.69) is 22.8 Å². The molecule has 1 saturated heterocycles. The summed E-state index contributed by atoms with van der Waals surface area (Å²) in [5.74, 6) is 0. The van der Waals surface area contributed by atoms with Gasteiger partial charge in [-0.1, -0.05) is 6.07 Å². The lowest BCUT2D eigenvalue weighted by Gasteiger charge is -2.22. The number of hydrogen-bond acceptors (Lipinski definition) is 4. The highest BCUT2D eigenvalue weighted by molar-refractivity contribution is 7.09. The zero-order chi connectivity index (χ0) is 9.64. The maximum Gasteiger partial charge on any atom is 0.147 e. The highest BCUT2D eigenvalue weighted by Crippen LogP contribution is 2.08. The Labute approximate surface area is 88.0 Å². The minimum atomic E-state index is 0.323. The van der Waals surface area contributed by atoms with Crippen LogP contribution in [0.4, 0.5) is 0 Å². The molecule has 1 aromatic heterocycles. The second-order valence-corrected chi connectivity index (χ2v) is 4.35. The lowest BCUT2D eigenvalue weighted by molar-refractivity contribution is -0.137. The largest absolute Gasteiger partial charge is 0.355 e. The third kappa shape index (κ3) is 3.06. The summed E-state index contributed by atoms with van der Waals surface area (Å²) >= 11 is 1.78. The van der Waals surface area contributed by atoms with E-state index in [1.54, 1.807) is 11.3 Å². The van der Waals surface area contributed by atoms with Gasteiger partial charge in [0.25, 0.3) is 0 Å². The van der Waals surface area contributed by atoms with Crippen molar-refractivity contribution in [2.75, 3.05) is 19.9 Å². The van der Waals surface area contributed by atoms with Gasteiger partial charge in [-0.3, -0.25) is 0 Å². The van der Waals surface area contributed by atoms with Gasteiger partial charge in [-0.05, 0) is 17.9 Å². The molecule has 1 unspecified atom stereocenters. The first-order chi connectivity index (χ1) is 6.95. The number of rotatable bonds is 4. The summed E-state index contributed by atoms with van der Waals surface area (Å²) < 4.78 is 10.5. The monoisotopic (exact) mass is 213 g/mol. The Morgan fingerprint density at radius 1 is 1.57 bits per heavy atom. The minimum Gasteiger partial charge on any atom is -0.355 e. The highest BCUT2D eigenvalue weighted by Gasteiger charge is 2.12. The van der Waals surface area contributed by atoms with Crippen molar-refractivity contribution in [3.05, 3.63) is 22.4 Å². The quantitative estimate of drug-likeness (QED) is 0.824. The van der Waals surface area contributed by atoms with Gasteiger partial charge in [0.15, 0.2) is 0 Å². The fourth-order valence-electron chi connectivity index (χ4n) is 1.43. The summed E-state index contributed by atoms with van der Waals surface area (Å²) in [5.41, 5.74) is 0. The first kappa shape index (κ1) is 10.1. The summed E-state index contributed by atoms with van der Waals surface area (Å²) in [6, 6.07) is 4.22. The van der Waals surface area contributed by atoms with Crippen LogP contribution in [-0.2, 0) is 16.0 Å². The molecule has 1 fully saturated rings. The van der Waals surface area contributed by atoms with Crippen molar-refractivity contribution in [1.82, 2.24) is 5.32 Å². The molecule has 1 aliphatic heterocycles. The van der Waals surface area contributed by atoms with Crippen molar-refractivity contribution in [2.45, 2.75) is 19.1 Å². The van der Waals surface area contributed by atoms with Gasteiger partial charge >= 0.3 is 0 Å². The topological polar surface area (TPSA) is 30.5 Å². The fraction of sp³-hybridized carbons (Fsp3) is 0.600. The molecular weight excluding hydrogens is 198 g/mol. The van der Waals surface area contributed by atoms with Crippen LogP contribution in [0.15, 0.2) is 17.5 Å². The average molecular weight is 213 g/mol. The number of hydrogen-bond donors (Lipinski definition) is 1. The Hall–Kier alpha value is -0.420. The van der Waals surface area contributed by atoms with E-state index in [9.17, 15) is 0 Å². The van der Waals surface area contributed by atoms with Crippen molar-refractivity contribution in [1.29, 1.82) is 0 Å². The van der Waals surface area contributed by atoms with Crippen LogP contribution in [0.3, 0.4) is 0 Å². The van der Waals surface area contributed by atoms with Gasteiger partial charge in [0.2, 0.25) is 0 Å². The molecule has 78 valence electrons. The van der Waals surface area contributed by atoms with E-state index >= 15 is 0 Å². The Balaban J connectivity index is 1.62. The van der Waals surface area contributed by atoms with Gasteiger partial charge in [0.05, 0.1) is 12.7 Å². The van der Waals surface area contributed by atoms with Crippen LogP contribution in [0.2, 0.25) is 0 Å². The summed E-state index contributed by atoms with van der Waals surface area (Å²) in [5, 5.41) is 5.49. The molecule has 0 amide bonds. The number of ether oxygens (including phenoxy) is 2. The molecule has 1 aliphatic rings. The van der Waals surface area contributed by atoms with Crippen molar-refractivity contribution in [3.8, 4) is 0 Å². The molecule has 0 aliphatic carbocycles. The van der Waals surface area contributed by atoms with Gasteiger partial charge in [0, 0.05) is 18.0 Å². The molecule has 14 heavy (non-hydrogen) atoms. The van der Waals surface area contributed by atoms with E-state index in [-0.39, 0.29) is 0 Å². The smallest absolute Gasteiger partial charge is 0.147 e. The Morgan fingerprint density at radius 2 is 2.57 bits per heavy atom. The third-order valence-electron chi connectivity index (χ3n) is 2.22. The van der Waals surface area contributed by atoms with E-state index in [4.69, 9.17) is 9.47 Å². The van der Waals surface area contributed by atoms with Crippen LogP contribution < -0.4 is 5.32 Å². The highest BCUT2D eigenvalue weighted by atomic mass is 32.1. The fourth-order valence-corrected chi connectivity index (χ4v) is 2.11. The maximum atomic E-state index is 5.42. The van der Waals surface area contributed by atoms with Gasteiger partial charge in [-0.25, -0.2) is 0 Å². The van der Waals surface area contributed by atoms with Gasteiger partial charge in [-0.2, -0.15) is 0 Å². The maximum absolute atomic E-state index is 5.42. The van der Waals surface area contributed by atoms with Crippen molar-refractivity contribution in [3.63, 3.8) is 0 Å². The van der Waals surface area contributed by atoms with Gasteiger partial charge < -0.3 is 14.8 Å². The van der Waals surface area contributed by atoms with Gasteiger partial charge in [-0.15, -0.1) is 11.3 Å². The zero-order valence-corrected chi connectivity index (χ0v) is 8.89. The van der Waals surface area contributed by atoms with E-state index in [0.29, 0.717) is 12.9 Å². The summed E-state index contributed by atoms with van der Waals surface area (Å²) in [7, 11) is 0. The van der Waals surface area contributed by atoms with Crippen LogP contribution in [-0.4, -0.2) is 26.0 Å². The predicted molar refractivity (Wildman–Crippen MR) is 56.3 cm³/mol. The molecule has 3 nitrogen and oxygen atoms in total. The number of nitrogens with one attached hydrogen (secondary N) is 1. The van der Waals surface area contributed by atoms with Crippen LogP contribution in [0.5, 0.6) is 0 Å². The van der Waals surface area contributed by atoms with Crippen molar-refractivity contribution < 1.29 is 9.47 Å². The second-order valence-electron chi connectivity index (χ2n) is 3.31. The van der Waals surface area contributed by atoms with Crippen molar-refractivity contribution >= 4 is 11.3 Å². The average Bonchev–Trinajstić information content (AvgIpc) is 2.72. The Bertz CT molecular complexity index is 245. The molecule has 2 rings (SSSR count). The third-order valence-corrected chi connectivity index (χ3v) is 3.10. The van der Waals surface area contributed by atoms with Gasteiger partial charge in [0.1, 0.15) is 6.79 Å². The molecule has 2 heterocycles. The lowest BCUT2D eigenvalue weighted by atomic mass is 10.2. The summed E-state index contributed by atoms with van der Waals surface area (Å²) in [6.07, 6.45) is 1.32. The molecule has 1 atom stereocenters. The first-order valence-corrected chi connectivity index (χ1v) is 5.75. The van der Waals surface area contributed by atoms with Crippen LogP contribution in [0.1, 0.15) is 11.3 Å². The Kier molecular flexibility index (Phi) is 3.94. The standard InChI is InChI=1S/C10H15NO2S/c1-2-10(14-5-1)7-11-6-9-3-4-12-8-13-9/h1-2,5,9,11H,3-4,6-8H2. The zero-order valence-electron chi connectivity index (χ0n) is 8.07. The summed E-state index contributed by atoms with van der Waals surface area (Å²) in [4.78, 5) is 1.37. The molecule has 0 aromatic carbocycles. The predicted octanol–water partition coefficient (Wildman–Crippen LogP) is 1.60. The molecule has 1 N–H and O–H groups in total. The molecule has 0 bridgehead atoms. The molecule has 4 heteroatoms. The molecule has 0 saturated carbocycles. The van der Waals surface area contributed by atoms with E-state index in [0.717, 1.165) is 26.1 Å². The SMILES string of the molecule is c1csc(CNCC2CCOCO2)c1. The minimum absolute atomic E-state index is 0.323. The van der Waals surface area contributed by atoms with E-state index in [1.807, 2.05) is 0 Å². The molecule has 0 radical (unpaired) electrons. The van der Waals surface area contributed by atoms with Crippen LogP contribution >= 0.6 is 11.3 Å².